The lowest BCUT2D eigenvalue weighted by Gasteiger charge is -2.16. The smallest absolute Gasteiger partial charge is 0.255 e. The summed E-state index contributed by atoms with van der Waals surface area (Å²) in [5, 5.41) is 8.31. The highest BCUT2D eigenvalue weighted by atomic mass is 35.5. The largest absolute Gasteiger partial charge is 0.345 e. The fourth-order valence-corrected chi connectivity index (χ4v) is 2.87. The molecule has 0 radical (unpaired) electrons. The maximum Gasteiger partial charge on any atom is 0.255 e. The van der Waals surface area contributed by atoms with Crippen LogP contribution in [0.5, 0.6) is 0 Å². The minimum absolute atomic E-state index is 0.156. The minimum atomic E-state index is -0.221. The van der Waals surface area contributed by atoms with E-state index in [1.165, 1.54) is 0 Å². The summed E-state index contributed by atoms with van der Waals surface area (Å²) in [6.45, 7) is 5.57. The van der Waals surface area contributed by atoms with Crippen molar-refractivity contribution in [3.8, 4) is 0 Å². The lowest BCUT2D eigenvalue weighted by molar-refractivity contribution is 0.0938. The van der Waals surface area contributed by atoms with Gasteiger partial charge in [0.15, 0.2) is 0 Å². The number of nitrogens with zero attached hydrogens (tertiary/aromatic N) is 2. The van der Waals surface area contributed by atoms with Crippen LogP contribution in [0, 0.1) is 13.8 Å². The van der Waals surface area contributed by atoms with Crippen LogP contribution >= 0.6 is 23.2 Å². The highest BCUT2D eigenvalue weighted by molar-refractivity contribution is 6.35. The number of benzene rings is 1. The van der Waals surface area contributed by atoms with Crippen molar-refractivity contribution in [2.24, 2.45) is 7.05 Å². The lowest BCUT2D eigenvalue weighted by Crippen LogP contribution is -2.27. The zero-order chi connectivity index (χ0) is 15.7. The van der Waals surface area contributed by atoms with Crippen molar-refractivity contribution in [1.29, 1.82) is 0 Å². The summed E-state index contributed by atoms with van der Waals surface area (Å²) < 4.78 is 1.70. The third-order valence-electron chi connectivity index (χ3n) is 3.51. The van der Waals surface area contributed by atoms with E-state index in [9.17, 15) is 4.79 Å². The van der Waals surface area contributed by atoms with E-state index in [-0.39, 0.29) is 11.9 Å². The Bertz CT molecular complexity index is 694. The van der Waals surface area contributed by atoms with Gasteiger partial charge in [-0.05, 0) is 38.5 Å². The number of hydrogen-bond donors (Lipinski definition) is 1. The Hall–Kier alpha value is -1.52. The molecule has 0 saturated carbocycles. The van der Waals surface area contributed by atoms with E-state index in [1.54, 1.807) is 16.8 Å². The van der Waals surface area contributed by atoms with Crippen molar-refractivity contribution >= 4 is 29.1 Å². The minimum Gasteiger partial charge on any atom is -0.345 e. The van der Waals surface area contributed by atoms with Gasteiger partial charge in [0.25, 0.3) is 5.91 Å². The first-order chi connectivity index (χ1) is 9.81. The molecule has 0 aliphatic carbocycles. The monoisotopic (exact) mass is 325 g/mol. The van der Waals surface area contributed by atoms with Crippen molar-refractivity contribution in [2.75, 3.05) is 0 Å². The molecule has 1 amide bonds. The Morgan fingerprint density at radius 2 is 2.00 bits per heavy atom. The molecule has 0 bridgehead atoms. The quantitative estimate of drug-likeness (QED) is 0.932. The van der Waals surface area contributed by atoms with Crippen LogP contribution in [0.1, 0.15) is 40.3 Å². The van der Waals surface area contributed by atoms with Crippen molar-refractivity contribution in [2.45, 2.75) is 26.8 Å². The van der Waals surface area contributed by atoms with Crippen molar-refractivity contribution in [3.63, 3.8) is 0 Å². The normalized spacial score (nSPS) is 12.3. The van der Waals surface area contributed by atoms with E-state index in [0.717, 1.165) is 11.3 Å². The van der Waals surface area contributed by atoms with Crippen LogP contribution in [-0.4, -0.2) is 15.7 Å². The standard InChI is InChI=1S/C15H17Cl2N3O/c1-8(12-6-5-11(16)7-13(12)17)18-15(21)14-9(2)19-20(4)10(14)3/h5-8H,1-4H3,(H,18,21). The van der Waals surface area contributed by atoms with Gasteiger partial charge in [0.05, 0.1) is 17.3 Å². The predicted octanol–water partition coefficient (Wildman–Crippen LogP) is 3.83. The van der Waals surface area contributed by atoms with Gasteiger partial charge in [0.2, 0.25) is 0 Å². The van der Waals surface area contributed by atoms with E-state index < -0.39 is 0 Å². The topological polar surface area (TPSA) is 46.9 Å². The lowest BCUT2D eigenvalue weighted by atomic mass is 10.1. The molecular formula is C15H17Cl2N3O. The summed E-state index contributed by atoms with van der Waals surface area (Å²) >= 11 is 12.1. The van der Waals surface area contributed by atoms with Crippen LogP contribution < -0.4 is 5.32 Å². The number of hydrogen-bond acceptors (Lipinski definition) is 2. The van der Waals surface area contributed by atoms with Gasteiger partial charge < -0.3 is 5.32 Å². The van der Waals surface area contributed by atoms with Gasteiger partial charge >= 0.3 is 0 Å². The number of nitrogens with one attached hydrogen (secondary N) is 1. The Morgan fingerprint density at radius 1 is 1.33 bits per heavy atom. The number of aryl methyl sites for hydroxylation is 2. The molecule has 1 aromatic heterocycles. The van der Waals surface area contributed by atoms with Crippen molar-refractivity contribution in [1.82, 2.24) is 15.1 Å². The van der Waals surface area contributed by atoms with Gasteiger partial charge in [-0.2, -0.15) is 5.10 Å². The van der Waals surface area contributed by atoms with Crippen LogP contribution in [0.2, 0.25) is 10.0 Å². The fraction of sp³-hybridized carbons (Fsp3) is 0.333. The summed E-state index contributed by atoms with van der Waals surface area (Å²) in [5.41, 5.74) is 2.98. The molecule has 1 N–H and O–H groups in total. The van der Waals surface area contributed by atoms with E-state index in [2.05, 4.69) is 10.4 Å². The first kappa shape index (κ1) is 15.9. The molecular weight excluding hydrogens is 309 g/mol. The second kappa shape index (κ2) is 6.08. The van der Waals surface area contributed by atoms with Crippen molar-refractivity contribution in [3.05, 3.63) is 50.8 Å². The van der Waals surface area contributed by atoms with Gasteiger partial charge in [0.1, 0.15) is 0 Å². The third kappa shape index (κ3) is 3.22. The second-order valence-corrected chi connectivity index (χ2v) is 5.87. The average molecular weight is 326 g/mol. The molecule has 2 rings (SSSR count). The van der Waals surface area contributed by atoms with Crippen LogP contribution in [0.4, 0.5) is 0 Å². The molecule has 0 spiro atoms. The molecule has 0 saturated heterocycles. The second-order valence-electron chi connectivity index (χ2n) is 5.03. The first-order valence-electron chi connectivity index (χ1n) is 6.57. The molecule has 1 heterocycles. The summed E-state index contributed by atoms with van der Waals surface area (Å²) in [6.07, 6.45) is 0. The van der Waals surface area contributed by atoms with E-state index in [1.807, 2.05) is 33.9 Å². The molecule has 112 valence electrons. The molecule has 2 aromatic rings. The van der Waals surface area contributed by atoms with Crippen LogP contribution in [0.15, 0.2) is 18.2 Å². The predicted molar refractivity (Wildman–Crippen MR) is 85.0 cm³/mol. The van der Waals surface area contributed by atoms with Crippen molar-refractivity contribution < 1.29 is 4.79 Å². The molecule has 4 nitrogen and oxygen atoms in total. The molecule has 0 fully saturated rings. The zero-order valence-electron chi connectivity index (χ0n) is 12.4. The highest BCUT2D eigenvalue weighted by Crippen LogP contribution is 2.26. The molecule has 1 atom stereocenters. The van der Waals surface area contributed by atoms with Crippen LogP contribution in [-0.2, 0) is 7.05 Å². The number of halogens is 2. The summed E-state index contributed by atoms with van der Waals surface area (Å²) in [5.74, 6) is -0.156. The summed E-state index contributed by atoms with van der Waals surface area (Å²) in [4.78, 5) is 12.4. The summed E-state index contributed by atoms with van der Waals surface area (Å²) in [6, 6.07) is 5.02. The molecule has 21 heavy (non-hydrogen) atoms. The maximum atomic E-state index is 12.4. The Kier molecular flexibility index (Phi) is 4.59. The van der Waals surface area contributed by atoms with Crippen LogP contribution in [0.3, 0.4) is 0 Å². The Morgan fingerprint density at radius 3 is 2.52 bits per heavy atom. The van der Waals surface area contributed by atoms with E-state index >= 15 is 0 Å². The molecule has 0 aliphatic rings. The maximum absolute atomic E-state index is 12.4. The first-order valence-corrected chi connectivity index (χ1v) is 7.33. The average Bonchev–Trinajstić information content (AvgIpc) is 2.62. The highest BCUT2D eigenvalue weighted by Gasteiger charge is 2.20. The van der Waals surface area contributed by atoms with Gasteiger partial charge in [-0.3, -0.25) is 9.48 Å². The Labute approximate surface area is 134 Å². The SMILES string of the molecule is Cc1nn(C)c(C)c1C(=O)NC(C)c1ccc(Cl)cc1Cl. The molecule has 1 aromatic carbocycles. The van der Waals surface area contributed by atoms with Crippen LogP contribution in [0.25, 0.3) is 0 Å². The number of carbonyl (C=O) groups is 1. The molecule has 6 heteroatoms. The van der Waals surface area contributed by atoms with Gasteiger partial charge in [0, 0.05) is 22.8 Å². The zero-order valence-corrected chi connectivity index (χ0v) is 13.9. The molecule has 1 unspecified atom stereocenters. The van der Waals surface area contributed by atoms with Gasteiger partial charge in [-0.15, -0.1) is 0 Å². The van der Waals surface area contributed by atoms with Gasteiger partial charge in [-0.25, -0.2) is 0 Å². The number of amides is 1. The third-order valence-corrected chi connectivity index (χ3v) is 4.08. The number of rotatable bonds is 3. The van der Waals surface area contributed by atoms with E-state index in [0.29, 0.717) is 21.3 Å². The summed E-state index contributed by atoms with van der Waals surface area (Å²) in [7, 11) is 1.82. The fourth-order valence-electron chi connectivity index (χ4n) is 2.30. The molecule has 0 aliphatic heterocycles. The number of aromatic nitrogens is 2. The van der Waals surface area contributed by atoms with Gasteiger partial charge in [-0.1, -0.05) is 29.3 Å². The Balaban J connectivity index is 2.23. The number of carbonyl (C=O) groups excluding carboxylic acids is 1. The van der Waals surface area contributed by atoms with E-state index in [4.69, 9.17) is 23.2 Å².